The summed E-state index contributed by atoms with van der Waals surface area (Å²) in [7, 11) is -0.162. The number of rotatable bonds is 7. The number of piperidine rings is 1. The fourth-order valence-corrected chi connectivity index (χ4v) is 7.33. The molecule has 10 heteroatoms. The molecule has 3 aromatic carbocycles. The van der Waals surface area contributed by atoms with Crippen LogP contribution in [0.2, 0.25) is 0 Å². The fourth-order valence-electron chi connectivity index (χ4n) is 5.34. The highest BCUT2D eigenvalue weighted by atomic mass is 32.2. The molecule has 40 heavy (non-hydrogen) atoms. The molecule has 1 aliphatic heterocycles. The van der Waals surface area contributed by atoms with Gasteiger partial charge in [0.15, 0.2) is 0 Å². The van der Waals surface area contributed by atoms with Gasteiger partial charge in [0, 0.05) is 50.5 Å². The molecular weight excluding hydrogens is 549 g/mol. The highest BCUT2D eigenvalue weighted by Gasteiger charge is 2.33. The van der Waals surface area contributed by atoms with Crippen LogP contribution in [0.3, 0.4) is 0 Å². The molecule has 0 bridgehead atoms. The van der Waals surface area contributed by atoms with Gasteiger partial charge in [-0.05, 0) is 79.3 Å². The highest BCUT2D eigenvalue weighted by Crippen LogP contribution is 2.42. The van der Waals surface area contributed by atoms with Gasteiger partial charge in [-0.15, -0.1) is 0 Å². The van der Waals surface area contributed by atoms with Gasteiger partial charge in [0.05, 0.1) is 16.1 Å². The first-order valence-electron chi connectivity index (χ1n) is 13.1. The third-order valence-electron chi connectivity index (χ3n) is 7.46. The van der Waals surface area contributed by atoms with Crippen LogP contribution in [0.25, 0.3) is 22.3 Å². The van der Waals surface area contributed by atoms with Gasteiger partial charge in [0.1, 0.15) is 17.2 Å². The van der Waals surface area contributed by atoms with Gasteiger partial charge in [-0.2, -0.15) is 4.31 Å². The molecule has 0 aliphatic carbocycles. The lowest BCUT2D eigenvalue weighted by Gasteiger charge is -2.34. The van der Waals surface area contributed by atoms with Crippen LogP contribution >= 0.6 is 11.9 Å². The van der Waals surface area contributed by atoms with E-state index in [1.807, 2.05) is 42.7 Å². The van der Waals surface area contributed by atoms with Crippen LogP contribution in [0.5, 0.6) is 0 Å². The number of aryl methyl sites for hydroxylation is 1. The van der Waals surface area contributed by atoms with Crippen LogP contribution in [0.1, 0.15) is 40.2 Å². The van der Waals surface area contributed by atoms with E-state index >= 15 is 0 Å². The zero-order valence-corrected chi connectivity index (χ0v) is 24.5. The minimum atomic E-state index is -3.67. The molecule has 5 rings (SSSR count). The van der Waals surface area contributed by atoms with Crippen molar-refractivity contribution in [2.24, 2.45) is 0 Å². The minimum Gasteiger partial charge on any atom is -0.455 e. The second-order valence-electron chi connectivity index (χ2n) is 10.00. The van der Waals surface area contributed by atoms with Crippen LogP contribution in [0.15, 0.2) is 70.0 Å². The van der Waals surface area contributed by atoms with Crippen LogP contribution in [-0.4, -0.2) is 52.1 Å². The predicted octanol–water partition coefficient (Wildman–Crippen LogP) is 6.19. The Balaban J connectivity index is 1.63. The number of anilines is 1. The van der Waals surface area contributed by atoms with Crippen molar-refractivity contribution in [2.75, 3.05) is 37.7 Å². The zero-order chi connectivity index (χ0) is 28.6. The molecule has 210 valence electrons. The normalized spacial score (nSPS) is 16.3. The number of sulfonamides is 1. The Morgan fingerprint density at radius 3 is 2.58 bits per heavy atom. The molecule has 1 saturated heterocycles. The Hall–Kier alpha value is -3.34. The van der Waals surface area contributed by atoms with E-state index in [2.05, 4.69) is 5.32 Å². The van der Waals surface area contributed by atoms with Gasteiger partial charge in [-0.1, -0.05) is 24.1 Å². The number of hydrogen-bond donors (Lipinski definition) is 1. The Morgan fingerprint density at radius 2 is 1.90 bits per heavy atom. The molecule has 2 heterocycles. The lowest BCUT2D eigenvalue weighted by Crippen LogP contribution is -2.39. The van der Waals surface area contributed by atoms with E-state index in [1.54, 1.807) is 41.7 Å². The van der Waals surface area contributed by atoms with Crippen molar-refractivity contribution in [2.45, 2.75) is 30.6 Å². The smallest absolute Gasteiger partial charge is 0.255 e. The molecule has 1 aromatic heterocycles. The Morgan fingerprint density at radius 1 is 1.15 bits per heavy atom. The molecule has 1 fully saturated rings. The van der Waals surface area contributed by atoms with Crippen LogP contribution in [0, 0.1) is 12.7 Å². The summed E-state index contributed by atoms with van der Waals surface area (Å²) in [5.74, 6) is -0.433. The van der Waals surface area contributed by atoms with Crippen molar-refractivity contribution < 1.29 is 22.0 Å². The van der Waals surface area contributed by atoms with Gasteiger partial charge in [-0.25, -0.2) is 12.8 Å². The number of hydrogen-bond acceptors (Lipinski definition) is 6. The molecule has 0 saturated carbocycles. The lowest BCUT2D eigenvalue weighted by atomic mass is 9.89. The molecule has 4 aromatic rings. The highest BCUT2D eigenvalue weighted by molar-refractivity contribution is 7.99. The first-order chi connectivity index (χ1) is 19.1. The molecule has 0 spiro atoms. The van der Waals surface area contributed by atoms with Crippen LogP contribution in [0.4, 0.5) is 10.1 Å². The molecule has 1 aliphatic rings. The number of carbonyl (C=O) groups is 1. The van der Waals surface area contributed by atoms with E-state index in [-0.39, 0.29) is 17.6 Å². The fraction of sp³-hybridized carbons (Fsp3) is 0.300. The van der Waals surface area contributed by atoms with E-state index in [0.29, 0.717) is 52.3 Å². The molecule has 1 unspecified atom stereocenters. The van der Waals surface area contributed by atoms with Gasteiger partial charge < -0.3 is 14.0 Å². The molecule has 7 nitrogen and oxygen atoms in total. The third-order valence-corrected chi connectivity index (χ3v) is 10.1. The summed E-state index contributed by atoms with van der Waals surface area (Å²) in [4.78, 5) is 13.4. The summed E-state index contributed by atoms with van der Waals surface area (Å²) in [5.41, 5.74) is 4.21. The molecule has 0 radical (unpaired) electrons. The van der Waals surface area contributed by atoms with Crippen LogP contribution in [-0.2, 0) is 10.0 Å². The Kier molecular flexibility index (Phi) is 7.94. The second kappa shape index (κ2) is 11.3. The maximum absolute atomic E-state index is 13.7. The second-order valence-corrected chi connectivity index (χ2v) is 12.8. The first kappa shape index (κ1) is 28.2. The maximum atomic E-state index is 13.7. The van der Waals surface area contributed by atoms with Crippen molar-refractivity contribution >= 4 is 44.5 Å². The Bertz CT molecular complexity index is 1670. The van der Waals surface area contributed by atoms with E-state index in [0.717, 1.165) is 23.2 Å². The largest absolute Gasteiger partial charge is 0.455 e. The number of carbonyl (C=O) groups excluding carboxylic acids is 1. The molecular formula is C30H32FN3O4S2. The number of fused-ring (bicyclic) bond motifs is 1. The van der Waals surface area contributed by atoms with E-state index in [9.17, 15) is 17.6 Å². The average molecular weight is 582 g/mol. The van der Waals surface area contributed by atoms with Crippen molar-refractivity contribution in [3.63, 3.8) is 0 Å². The molecule has 1 atom stereocenters. The summed E-state index contributed by atoms with van der Waals surface area (Å²) in [6.07, 6.45) is 3.48. The average Bonchev–Trinajstić information content (AvgIpc) is 3.34. The Labute approximate surface area is 238 Å². The number of furan rings is 1. The lowest BCUT2D eigenvalue weighted by molar-refractivity contribution is 0.0964. The monoisotopic (exact) mass is 581 g/mol. The quantitative estimate of drug-likeness (QED) is 0.262. The zero-order valence-electron chi connectivity index (χ0n) is 22.9. The van der Waals surface area contributed by atoms with Crippen LogP contribution < -0.4 is 9.62 Å². The van der Waals surface area contributed by atoms with Crippen molar-refractivity contribution in [1.82, 2.24) is 9.62 Å². The van der Waals surface area contributed by atoms with Gasteiger partial charge >= 0.3 is 0 Å². The third kappa shape index (κ3) is 5.23. The minimum absolute atomic E-state index is 0.0935. The van der Waals surface area contributed by atoms with Crippen molar-refractivity contribution in [3.8, 4) is 11.3 Å². The topological polar surface area (TPSA) is 82.9 Å². The van der Waals surface area contributed by atoms with E-state index in [4.69, 9.17) is 4.42 Å². The maximum Gasteiger partial charge on any atom is 0.255 e. The summed E-state index contributed by atoms with van der Waals surface area (Å²) in [5, 5.41) is 3.33. The van der Waals surface area contributed by atoms with Gasteiger partial charge in [0.25, 0.3) is 5.91 Å². The molecule has 1 amide bonds. The summed E-state index contributed by atoms with van der Waals surface area (Å²) < 4.78 is 50.7. The van der Waals surface area contributed by atoms with Gasteiger partial charge in [0.2, 0.25) is 10.0 Å². The summed E-state index contributed by atoms with van der Waals surface area (Å²) in [6, 6.07) is 16.7. The van der Waals surface area contributed by atoms with E-state index < -0.39 is 10.0 Å². The SMILES string of the molecule is CNC(=O)c1c(-c2ccc(F)cc2)oc2cc(N(C)SC)c(C3CCCN(S(=O)(=O)c4cccc(C)c4)C3)cc12. The van der Waals surface area contributed by atoms with E-state index in [1.165, 1.54) is 24.1 Å². The van der Waals surface area contributed by atoms with Crippen molar-refractivity contribution in [3.05, 3.63) is 83.2 Å². The summed E-state index contributed by atoms with van der Waals surface area (Å²) >= 11 is 1.53. The molecule has 1 N–H and O–H groups in total. The number of halogens is 1. The van der Waals surface area contributed by atoms with Crippen molar-refractivity contribution in [1.29, 1.82) is 0 Å². The van der Waals surface area contributed by atoms with Gasteiger partial charge in [-0.3, -0.25) is 4.79 Å². The summed E-state index contributed by atoms with van der Waals surface area (Å²) in [6.45, 7) is 2.66. The number of amides is 1. The standard InChI is InChI=1S/C30H32FN3O4S2/c1-19-7-5-9-23(15-19)40(36,37)34-14-6-8-21(18-34)24-16-25-27(17-26(24)33(3)39-4)38-29(28(25)30(35)32-2)20-10-12-22(31)13-11-20/h5,7,9-13,15-17,21H,6,8,14,18H2,1-4H3,(H,32,35). The first-order valence-corrected chi connectivity index (χ1v) is 15.7. The predicted molar refractivity (Wildman–Crippen MR) is 159 cm³/mol. The number of nitrogens with zero attached hydrogens (tertiary/aromatic N) is 2. The number of nitrogens with one attached hydrogen (secondary N) is 1. The number of benzene rings is 3.